The number of aromatic nitrogens is 1. The van der Waals surface area contributed by atoms with Gasteiger partial charge in [0.05, 0.1) is 5.56 Å². The van der Waals surface area contributed by atoms with Gasteiger partial charge in [0.15, 0.2) is 0 Å². The van der Waals surface area contributed by atoms with Crippen LogP contribution in [0, 0.1) is 12.7 Å². The highest BCUT2D eigenvalue weighted by Crippen LogP contribution is 2.35. The van der Waals surface area contributed by atoms with Crippen molar-refractivity contribution in [3.63, 3.8) is 0 Å². The molecule has 1 aromatic carbocycles. The molecule has 1 aromatic heterocycles. The van der Waals surface area contributed by atoms with Crippen LogP contribution in [0.25, 0.3) is 5.70 Å². The van der Waals surface area contributed by atoms with Gasteiger partial charge in [0, 0.05) is 57.2 Å². The lowest BCUT2D eigenvalue weighted by Crippen LogP contribution is -2.49. The number of hydrogen-bond donors (Lipinski definition) is 1. The molecule has 6 nitrogen and oxygen atoms in total. The van der Waals surface area contributed by atoms with Gasteiger partial charge < -0.3 is 20.4 Å². The Morgan fingerprint density at radius 3 is 2.39 bits per heavy atom. The van der Waals surface area contributed by atoms with Crippen LogP contribution in [-0.4, -0.2) is 59.9 Å². The molecule has 0 amide bonds. The predicted molar refractivity (Wildman–Crippen MR) is 134 cm³/mol. The van der Waals surface area contributed by atoms with Gasteiger partial charge in [-0.2, -0.15) is 13.2 Å². The number of nitrogens with two attached hydrogens (primary N) is 1. The van der Waals surface area contributed by atoms with E-state index in [9.17, 15) is 17.6 Å². The number of rotatable bonds is 5. The van der Waals surface area contributed by atoms with E-state index in [4.69, 9.17) is 10.7 Å². The van der Waals surface area contributed by atoms with Crippen LogP contribution in [0.15, 0.2) is 60.0 Å². The van der Waals surface area contributed by atoms with Crippen LogP contribution >= 0.6 is 0 Å². The first-order valence-corrected chi connectivity index (χ1v) is 11.9. The Labute approximate surface area is 208 Å². The average Bonchev–Trinajstić information content (AvgIpc) is 3.40. The van der Waals surface area contributed by atoms with E-state index in [-0.39, 0.29) is 11.6 Å². The Bertz CT molecular complexity index is 1160. The summed E-state index contributed by atoms with van der Waals surface area (Å²) >= 11 is 0. The lowest BCUT2D eigenvalue weighted by atomic mass is 10.1. The molecule has 192 valence electrons. The minimum Gasteiger partial charge on any atom is -0.398 e. The fourth-order valence-corrected chi connectivity index (χ4v) is 4.44. The molecule has 2 aliphatic rings. The second-order valence-corrected chi connectivity index (χ2v) is 8.99. The Morgan fingerprint density at radius 2 is 1.75 bits per heavy atom. The topological polar surface area (TPSA) is 61.0 Å². The third-order valence-electron chi connectivity index (χ3n) is 6.49. The Hall–Kier alpha value is -3.56. The number of nitrogens with zero attached hydrogens (tertiary/aromatic N) is 5. The van der Waals surface area contributed by atoms with E-state index in [0.29, 0.717) is 54.7 Å². The number of benzene rings is 1. The van der Waals surface area contributed by atoms with Gasteiger partial charge in [-0.05, 0) is 61.2 Å². The zero-order valence-electron chi connectivity index (χ0n) is 20.2. The predicted octanol–water partition coefficient (Wildman–Crippen LogP) is 4.64. The molecule has 3 heterocycles. The first-order chi connectivity index (χ1) is 17.1. The largest absolute Gasteiger partial charge is 0.419 e. The molecule has 0 atom stereocenters. The van der Waals surface area contributed by atoms with Crippen molar-refractivity contribution in [3.05, 3.63) is 77.5 Å². The molecule has 0 spiro atoms. The van der Waals surface area contributed by atoms with Gasteiger partial charge in [-0.3, -0.25) is 0 Å². The number of amidine groups is 1. The van der Waals surface area contributed by atoms with Crippen molar-refractivity contribution in [2.45, 2.75) is 25.9 Å². The lowest BCUT2D eigenvalue weighted by Gasteiger charge is -2.37. The number of pyridine rings is 1. The summed E-state index contributed by atoms with van der Waals surface area (Å²) in [5.41, 5.74) is 7.19. The molecule has 0 radical (unpaired) electrons. The summed E-state index contributed by atoms with van der Waals surface area (Å²) in [6.07, 6.45) is 0.761. The summed E-state index contributed by atoms with van der Waals surface area (Å²) < 4.78 is 54.3. The van der Waals surface area contributed by atoms with Crippen molar-refractivity contribution in [3.8, 4) is 0 Å². The normalized spacial score (nSPS) is 17.6. The number of piperazine rings is 1. The molecule has 2 aromatic rings. The molecule has 2 aliphatic heterocycles. The SMILES string of the molecule is C=C(N=C(/C=C(\N)c1ccc(F)c(C)c1)N1CCN(c2ncccc2C(F)(F)F)CC1)N1CCCC1. The lowest BCUT2D eigenvalue weighted by molar-refractivity contribution is -0.137. The zero-order chi connectivity index (χ0) is 25.9. The smallest absolute Gasteiger partial charge is 0.398 e. The highest BCUT2D eigenvalue weighted by molar-refractivity contribution is 5.99. The van der Waals surface area contributed by atoms with E-state index in [1.54, 1.807) is 30.0 Å². The number of likely N-dealkylation sites (tertiary alicyclic amines) is 1. The third kappa shape index (κ3) is 5.80. The Balaban J connectivity index is 1.58. The van der Waals surface area contributed by atoms with Crippen molar-refractivity contribution in [1.29, 1.82) is 0 Å². The van der Waals surface area contributed by atoms with E-state index in [0.717, 1.165) is 32.0 Å². The van der Waals surface area contributed by atoms with Crippen LogP contribution in [-0.2, 0) is 6.18 Å². The summed E-state index contributed by atoms with van der Waals surface area (Å²) in [6.45, 7) is 9.05. The molecule has 2 N–H and O–H groups in total. The number of aliphatic imine (C=N–C) groups is 1. The second-order valence-electron chi connectivity index (χ2n) is 8.99. The van der Waals surface area contributed by atoms with E-state index >= 15 is 0 Å². The summed E-state index contributed by atoms with van der Waals surface area (Å²) in [6, 6.07) is 7.00. The van der Waals surface area contributed by atoms with Crippen LogP contribution in [0.2, 0.25) is 0 Å². The highest BCUT2D eigenvalue weighted by atomic mass is 19.4. The quantitative estimate of drug-likeness (QED) is 0.367. The molecule has 0 unspecified atom stereocenters. The van der Waals surface area contributed by atoms with Gasteiger partial charge in [0.1, 0.15) is 23.3 Å². The number of aryl methyl sites for hydroxylation is 1. The van der Waals surface area contributed by atoms with E-state index in [2.05, 4.69) is 16.5 Å². The summed E-state index contributed by atoms with van der Waals surface area (Å²) in [4.78, 5) is 14.5. The fraction of sp³-hybridized carbons (Fsp3) is 0.385. The summed E-state index contributed by atoms with van der Waals surface area (Å²) in [5, 5.41) is 0. The molecule has 4 rings (SSSR count). The molecule has 2 saturated heterocycles. The van der Waals surface area contributed by atoms with Gasteiger partial charge in [-0.1, -0.05) is 6.58 Å². The number of hydrogen-bond acceptors (Lipinski definition) is 5. The van der Waals surface area contributed by atoms with Crippen molar-refractivity contribution < 1.29 is 17.6 Å². The molecule has 0 bridgehead atoms. The van der Waals surface area contributed by atoms with Gasteiger partial charge in [-0.25, -0.2) is 14.4 Å². The van der Waals surface area contributed by atoms with Crippen molar-refractivity contribution in [1.82, 2.24) is 14.8 Å². The number of anilines is 1. The zero-order valence-corrected chi connectivity index (χ0v) is 20.2. The van der Waals surface area contributed by atoms with E-state index in [1.165, 1.54) is 18.3 Å². The summed E-state index contributed by atoms with van der Waals surface area (Å²) in [7, 11) is 0. The van der Waals surface area contributed by atoms with Gasteiger partial charge in [0.2, 0.25) is 0 Å². The van der Waals surface area contributed by atoms with Crippen LogP contribution in [0.1, 0.15) is 29.5 Å². The van der Waals surface area contributed by atoms with Gasteiger partial charge >= 0.3 is 6.18 Å². The van der Waals surface area contributed by atoms with E-state index < -0.39 is 11.7 Å². The molecular formula is C26H30F4N6. The molecule has 36 heavy (non-hydrogen) atoms. The third-order valence-corrected chi connectivity index (χ3v) is 6.49. The molecule has 10 heteroatoms. The molecule has 0 aliphatic carbocycles. The number of halogens is 4. The number of alkyl halides is 3. The molecular weight excluding hydrogens is 472 g/mol. The fourth-order valence-electron chi connectivity index (χ4n) is 4.44. The van der Waals surface area contributed by atoms with Crippen LogP contribution in [0.3, 0.4) is 0 Å². The van der Waals surface area contributed by atoms with E-state index in [1.807, 2.05) is 4.90 Å². The van der Waals surface area contributed by atoms with Crippen LogP contribution in [0.5, 0.6) is 0 Å². The minimum atomic E-state index is -4.48. The minimum absolute atomic E-state index is 0.0681. The highest BCUT2D eigenvalue weighted by Gasteiger charge is 2.36. The molecule has 0 saturated carbocycles. The molecule has 2 fully saturated rings. The Kier molecular flexibility index (Phi) is 7.51. The Morgan fingerprint density at radius 1 is 1.06 bits per heavy atom. The van der Waals surface area contributed by atoms with Crippen LogP contribution < -0.4 is 10.6 Å². The first-order valence-electron chi connectivity index (χ1n) is 11.9. The maximum atomic E-state index is 13.7. The maximum absolute atomic E-state index is 13.7. The maximum Gasteiger partial charge on any atom is 0.419 e. The summed E-state index contributed by atoms with van der Waals surface area (Å²) in [5.74, 6) is 0.810. The van der Waals surface area contributed by atoms with Crippen LogP contribution in [0.4, 0.5) is 23.4 Å². The average molecular weight is 503 g/mol. The van der Waals surface area contributed by atoms with Gasteiger partial charge in [-0.15, -0.1) is 0 Å². The van der Waals surface area contributed by atoms with Gasteiger partial charge in [0.25, 0.3) is 0 Å². The van der Waals surface area contributed by atoms with Crippen molar-refractivity contribution in [2.75, 3.05) is 44.2 Å². The standard InChI is InChI=1S/C26H30F4N6/c1-18-16-20(7-8-22(18)27)23(31)17-24(33-19(2)34-10-3-4-11-34)35-12-14-36(15-13-35)25-21(26(28,29)30)6-5-9-32-25/h5-9,16-17H,2-4,10-15,31H2,1H3/b23-17-,33-24?. The van der Waals surface area contributed by atoms with Crippen molar-refractivity contribution in [2.24, 2.45) is 10.7 Å². The second kappa shape index (κ2) is 10.6. The van der Waals surface area contributed by atoms with Crippen molar-refractivity contribution >= 4 is 17.4 Å². The monoisotopic (exact) mass is 502 g/mol. The first kappa shape index (κ1) is 25.5.